The van der Waals surface area contributed by atoms with E-state index in [0.717, 1.165) is 0 Å². The summed E-state index contributed by atoms with van der Waals surface area (Å²) in [5.41, 5.74) is 0. The standard InChI is InChI=1S/C9H17I/c1-2-3-4-5-6-7-8-9-10/h2-3H,4-9H2,1H3/b3-2+. The van der Waals surface area contributed by atoms with E-state index in [4.69, 9.17) is 0 Å². The molecule has 0 amide bonds. The molecular formula is C9H17I. The van der Waals surface area contributed by atoms with Gasteiger partial charge in [0, 0.05) is 0 Å². The summed E-state index contributed by atoms with van der Waals surface area (Å²) in [4.78, 5) is 0. The van der Waals surface area contributed by atoms with Crippen LogP contribution in [0.4, 0.5) is 0 Å². The first-order valence-electron chi connectivity index (χ1n) is 4.09. The van der Waals surface area contributed by atoms with Gasteiger partial charge in [0.05, 0.1) is 0 Å². The van der Waals surface area contributed by atoms with Gasteiger partial charge in [0.2, 0.25) is 0 Å². The van der Waals surface area contributed by atoms with Gasteiger partial charge >= 0.3 is 0 Å². The Labute approximate surface area is 78.2 Å². The van der Waals surface area contributed by atoms with E-state index in [9.17, 15) is 0 Å². The smallest absolute Gasteiger partial charge is 0.000473 e. The van der Waals surface area contributed by atoms with Crippen LogP contribution in [0, 0.1) is 0 Å². The van der Waals surface area contributed by atoms with Gasteiger partial charge in [-0.25, -0.2) is 0 Å². The molecule has 0 aromatic heterocycles. The van der Waals surface area contributed by atoms with E-state index in [1.165, 1.54) is 36.5 Å². The summed E-state index contributed by atoms with van der Waals surface area (Å²) < 4.78 is 1.32. The van der Waals surface area contributed by atoms with Crippen LogP contribution in [-0.4, -0.2) is 4.43 Å². The fraction of sp³-hybridized carbons (Fsp3) is 0.778. The summed E-state index contributed by atoms with van der Waals surface area (Å²) in [7, 11) is 0. The highest BCUT2D eigenvalue weighted by Crippen LogP contribution is 2.04. The summed E-state index contributed by atoms with van der Waals surface area (Å²) in [5, 5.41) is 0. The average Bonchev–Trinajstić information content (AvgIpc) is 1.97. The molecule has 0 heterocycles. The van der Waals surface area contributed by atoms with Crippen LogP contribution in [-0.2, 0) is 0 Å². The van der Waals surface area contributed by atoms with Crippen molar-refractivity contribution in [2.24, 2.45) is 0 Å². The molecule has 0 bridgehead atoms. The van der Waals surface area contributed by atoms with Crippen molar-refractivity contribution in [1.29, 1.82) is 0 Å². The van der Waals surface area contributed by atoms with E-state index < -0.39 is 0 Å². The highest BCUT2D eigenvalue weighted by atomic mass is 127. The van der Waals surface area contributed by atoms with E-state index in [0.29, 0.717) is 0 Å². The van der Waals surface area contributed by atoms with Gasteiger partial charge in [-0.2, -0.15) is 0 Å². The fourth-order valence-corrected chi connectivity index (χ4v) is 1.42. The number of allylic oxidation sites excluding steroid dienone is 2. The Morgan fingerprint density at radius 2 is 1.80 bits per heavy atom. The van der Waals surface area contributed by atoms with Gasteiger partial charge in [-0.1, -0.05) is 47.6 Å². The van der Waals surface area contributed by atoms with Gasteiger partial charge in [0.15, 0.2) is 0 Å². The molecule has 0 fully saturated rings. The third-order valence-corrected chi connectivity index (χ3v) is 2.25. The predicted octanol–water partition coefficient (Wildman–Crippen LogP) is 3.95. The van der Waals surface area contributed by atoms with Crippen molar-refractivity contribution in [2.45, 2.75) is 39.0 Å². The molecule has 60 valence electrons. The molecule has 10 heavy (non-hydrogen) atoms. The molecule has 0 spiro atoms. The Balaban J connectivity index is 2.77. The van der Waals surface area contributed by atoms with E-state index in [-0.39, 0.29) is 0 Å². The summed E-state index contributed by atoms with van der Waals surface area (Å²) in [5.74, 6) is 0. The number of halogens is 1. The van der Waals surface area contributed by atoms with Crippen LogP contribution >= 0.6 is 22.6 Å². The Morgan fingerprint density at radius 1 is 1.10 bits per heavy atom. The third kappa shape index (κ3) is 8.47. The maximum Gasteiger partial charge on any atom is -0.000473 e. The van der Waals surface area contributed by atoms with E-state index in [2.05, 4.69) is 41.7 Å². The largest absolute Gasteiger partial charge is 0.0917 e. The van der Waals surface area contributed by atoms with Crippen LogP contribution < -0.4 is 0 Å². The summed E-state index contributed by atoms with van der Waals surface area (Å²) in [6.45, 7) is 2.09. The van der Waals surface area contributed by atoms with E-state index in [1.807, 2.05) is 0 Å². The summed E-state index contributed by atoms with van der Waals surface area (Å²) in [6, 6.07) is 0. The monoisotopic (exact) mass is 252 g/mol. The number of hydrogen-bond donors (Lipinski definition) is 0. The van der Waals surface area contributed by atoms with Crippen LogP contribution in [0.15, 0.2) is 12.2 Å². The zero-order valence-corrected chi connectivity index (χ0v) is 8.93. The van der Waals surface area contributed by atoms with Gasteiger partial charge in [-0.3, -0.25) is 0 Å². The Hall–Kier alpha value is 0.470. The number of hydrogen-bond acceptors (Lipinski definition) is 0. The van der Waals surface area contributed by atoms with Crippen molar-refractivity contribution in [2.75, 3.05) is 4.43 Å². The lowest BCUT2D eigenvalue weighted by atomic mass is 10.1. The quantitative estimate of drug-likeness (QED) is 0.290. The highest BCUT2D eigenvalue weighted by Gasteiger charge is 1.85. The second-order valence-corrected chi connectivity index (χ2v) is 3.54. The van der Waals surface area contributed by atoms with Crippen LogP contribution in [0.1, 0.15) is 39.0 Å². The van der Waals surface area contributed by atoms with Crippen molar-refractivity contribution < 1.29 is 0 Å². The Kier molecular flexibility index (Phi) is 9.92. The lowest BCUT2D eigenvalue weighted by Crippen LogP contribution is -1.77. The summed E-state index contributed by atoms with van der Waals surface area (Å²) >= 11 is 2.44. The SMILES string of the molecule is C/C=C/CCCCCCI. The molecule has 0 unspecified atom stereocenters. The molecule has 0 saturated heterocycles. The van der Waals surface area contributed by atoms with Crippen molar-refractivity contribution in [3.8, 4) is 0 Å². The Morgan fingerprint density at radius 3 is 2.40 bits per heavy atom. The fourth-order valence-electron chi connectivity index (χ4n) is 0.877. The number of rotatable bonds is 6. The molecular weight excluding hydrogens is 235 g/mol. The zero-order valence-electron chi connectivity index (χ0n) is 6.78. The molecule has 0 aromatic rings. The maximum absolute atomic E-state index is 2.44. The molecule has 1 heteroatoms. The Bertz CT molecular complexity index is 76.8. The molecule has 0 atom stereocenters. The summed E-state index contributed by atoms with van der Waals surface area (Å²) in [6.07, 6.45) is 11.3. The molecule has 0 N–H and O–H groups in total. The molecule has 0 radical (unpaired) electrons. The first kappa shape index (κ1) is 10.5. The molecule has 0 rings (SSSR count). The number of unbranched alkanes of at least 4 members (excludes halogenated alkanes) is 4. The lowest BCUT2D eigenvalue weighted by Gasteiger charge is -1.94. The van der Waals surface area contributed by atoms with Crippen molar-refractivity contribution in [1.82, 2.24) is 0 Å². The molecule has 0 nitrogen and oxygen atoms in total. The van der Waals surface area contributed by atoms with Crippen LogP contribution in [0.3, 0.4) is 0 Å². The minimum atomic E-state index is 1.28. The van der Waals surface area contributed by atoms with Crippen LogP contribution in [0.5, 0.6) is 0 Å². The molecule has 0 aromatic carbocycles. The second-order valence-electron chi connectivity index (χ2n) is 2.46. The van der Waals surface area contributed by atoms with Crippen molar-refractivity contribution in [3.05, 3.63) is 12.2 Å². The minimum absolute atomic E-state index is 1.28. The highest BCUT2D eigenvalue weighted by molar-refractivity contribution is 14.1. The molecule has 0 saturated carbocycles. The van der Waals surface area contributed by atoms with Gasteiger partial charge in [0.25, 0.3) is 0 Å². The normalized spacial score (nSPS) is 11.0. The maximum atomic E-state index is 2.44. The second kappa shape index (κ2) is 9.47. The predicted molar refractivity (Wildman–Crippen MR) is 56.8 cm³/mol. The van der Waals surface area contributed by atoms with Crippen LogP contribution in [0.2, 0.25) is 0 Å². The average molecular weight is 252 g/mol. The number of alkyl halides is 1. The van der Waals surface area contributed by atoms with Gasteiger partial charge < -0.3 is 0 Å². The zero-order chi connectivity index (χ0) is 7.66. The molecule has 0 aliphatic rings. The van der Waals surface area contributed by atoms with Crippen molar-refractivity contribution >= 4 is 22.6 Å². The minimum Gasteiger partial charge on any atom is -0.0917 e. The van der Waals surface area contributed by atoms with Gasteiger partial charge in [0.1, 0.15) is 0 Å². The topological polar surface area (TPSA) is 0 Å². The first-order valence-corrected chi connectivity index (χ1v) is 5.61. The van der Waals surface area contributed by atoms with E-state index in [1.54, 1.807) is 0 Å². The molecule has 0 aliphatic heterocycles. The third-order valence-electron chi connectivity index (χ3n) is 1.49. The lowest BCUT2D eigenvalue weighted by molar-refractivity contribution is 0.681. The first-order chi connectivity index (χ1) is 4.91. The van der Waals surface area contributed by atoms with Crippen LogP contribution in [0.25, 0.3) is 0 Å². The van der Waals surface area contributed by atoms with E-state index >= 15 is 0 Å². The van der Waals surface area contributed by atoms with Crippen molar-refractivity contribution in [3.63, 3.8) is 0 Å². The van der Waals surface area contributed by atoms with Gasteiger partial charge in [-0.05, 0) is 30.6 Å². The molecule has 0 aliphatic carbocycles. The van der Waals surface area contributed by atoms with Gasteiger partial charge in [-0.15, -0.1) is 0 Å².